The van der Waals surface area contributed by atoms with E-state index in [4.69, 9.17) is 42.9 Å². The molecule has 0 aromatic carbocycles. The third kappa shape index (κ3) is 10.3. The molecule has 0 spiro atoms. The third-order valence-electron chi connectivity index (χ3n) is 2.24. The molecule has 0 aromatic heterocycles. The SMILES string of the molecule is CCCC(COP(O)O)(COP(O)O)COP(O)O. The Bertz CT molecular complexity index is 197. The molecule has 12 heteroatoms. The Balaban J connectivity index is 4.65. The van der Waals surface area contributed by atoms with Crippen LogP contribution in [0.25, 0.3) is 0 Å². The second-order valence-electron chi connectivity index (χ2n) is 3.83. The van der Waals surface area contributed by atoms with Gasteiger partial charge in [0.25, 0.3) is 0 Å². The summed E-state index contributed by atoms with van der Waals surface area (Å²) >= 11 is 0. The van der Waals surface area contributed by atoms with Crippen LogP contribution in [0, 0.1) is 5.41 Å². The highest BCUT2D eigenvalue weighted by Crippen LogP contribution is 2.39. The van der Waals surface area contributed by atoms with Gasteiger partial charge in [-0.25, -0.2) is 0 Å². The molecule has 116 valence electrons. The van der Waals surface area contributed by atoms with E-state index in [1.54, 1.807) is 0 Å². The zero-order valence-corrected chi connectivity index (χ0v) is 13.0. The summed E-state index contributed by atoms with van der Waals surface area (Å²) in [6, 6.07) is 0. The quantitative estimate of drug-likeness (QED) is 0.295. The molecule has 0 bridgehead atoms. The standard InChI is InChI=1S/C7H19O9P3/c1-2-3-7(4-14-17(8)9,5-15-18(10)11)6-16-19(12)13/h8-13H,2-6H2,1H3. The molecule has 0 heterocycles. The van der Waals surface area contributed by atoms with Gasteiger partial charge in [-0.3, -0.25) is 0 Å². The van der Waals surface area contributed by atoms with Crippen molar-refractivity contribution in [2.75, 3.05) is 19.8 Å². The Morgan fingerprint density at radius 1 is 0.737 bits per heavy atom. The first-order valence-electron chi connectivity index (χ1n) is 5.24. The van der Waals surface area contributed by atoms with E-state index < -0.39 is 31.2 Å². The smallest absolute Gasteiger partial charge is 0.327 e. The molecule has 0 amide bonds. The Hall–Kier alpha value is 0.930. The lowest BCUT2D eigenvalue weighted by Crippen LogP contribution is -2.36. The van der Waals surface area contributed by atoms with Gasteiger partial charge in [0.05, 0.1) is 19.8 Å². The summed E-state index contributed by atoms with van der Waals surface area (Å²) in [6.45, 7) is 1.28. The molecule has 0 aliphatic carbocycles. The van der Waals surface area contributed by atoms with Crippen LogP contribution in [-0.4, -0.2) is 49.2 Å². The van der Waals surface area contributed by atoms with E-state index in [0.29, 0.717) is 12.8 Å². The van der Waals surface area contributed by atoms with Crippen molar-refractivity contribution in [3.8, 4) is 0 Å². The van der Waals surface area contributed by atoms with E-state index in [2.05, 4.69) is 0 Å². The fourth-order valence-corrected chi connectivity index (χ4v) is 2.62. The van der Waals surface area contributed by atoms with Gasteiger partial charge in [-0.2, -0.15) is 0 Å². The summed E-state index contributed by atoms with van der Waals surface area (Å²) in [7, 11) is -7.73. The normalized spacial score (nSPS) is 12.9. The summed E-state index contributed by atoms with van der Waals surface area (Å²) in [5, 5.41) is 0. The van der Waals surface area contributed by atoms with Crippen molar-refractivity contribution in [2.45, 2.75) is 19.8 Å². The minimum absolute atomic E-state index is 0.189. The zero-order chi connectivity index (χ0) is 14.9. The minimum atomic E-state index is -2.58. The molecule has 0 fully saturated rings. The summed E-state index contributed by atoms with van der Waals surface area (Å²) in [4.78, 5) is 52.6. The van der Waals surface area contributed by atoms with Crippen molar-refractivity contribution < 1.29 is 42.9 Å². The van der Waals surface area contributed by atoms with Crippen LogP contribution in [0.3, 0.4) is 0 Å². The van der Waals surface area contributed by atoms with Gasteiger partial charge in [-0.15, -0.1) is 0 Å². The molecule has 0 aromatic rings. The van der Waals surface area contributed by atoms with Gasteiger partial charge in [0.2, 0.25) is 0 Å². The molecule has 0 saturated carbocycles. The van der Waals surface area contributed by atoms with Gasteiger partial charge in [-0.05, 0) is 6.42 Å². The molecule has 0 aliphatic heterocycles. The average molecular weight is 340 g/mol. The molecule has 9 nitrogen and oxygen atoms in total. The maximum absolute atomic E-state index is 8.77. The lowest BCUT2D eigenvalue weighted by atomic mass is 9.86. The van der Waals surface area contributed by atoms with Crippen LogP contribution in [0.4, 0.5) is 0 Å². The first-order chi connectivity index (χ1) is 8.81. The monoisotopic (exact) mass is 340 g/mol. The Labute approximate surface area is 114 Å². The summed E-state index contributed by atoms with van der Waals surface area (Å²) in [5.41, 5.74) is -0.932. The lowest BCUT2D eigenvalue weighted by Gasteiger charge is -2.32. The Kier molecular flexibility index (Phi) is 11.1. The van der Waals surface area contributed by atoms with E-state index in [0.717, 1.165) is 0 Å². The molecule has 0 rings (SSSR count). The highest BCUT2D eigenvalue weighted by molar-refractivity contribution is 7.39. The van der Waals surface area contributed by atoms with Gasteiger partial charge < -0.3 is 42.9 Å². The van der Waals surface area contributed by atoms with Crippen LogP contribution >= 0.6 is 25.8 Å². The highest BCUT2D eigenvalue weighted by atomic mass is 31.2. The lowest BCUT2D eigenvalue weighted by molar-refractivity contribution is 0.0143. The molecule has 6 N–H and O–H groups in total. The maximum atomic E-state index is 8.77. The van der Waals surface area contributed by atoms with Crippen molar-refractivity contribution in [2.24, 2.45) is 5.41 Å². The van der Waals surface area contributed by atoms with Crippen LogP contribution < -0.4 is 0 Å². The van der Waals surface area contributed by atoms with Crippen molar-refractivity contribution >= 4 is 25.8 Å². The summed E-state index contributed by atoms with van der Waals surface area (Å²) in [5.74, 6) is 0. The largest absolute Gasteiger partial charge is 0.328 e. The molecule has 0 unspecified atom stereocenters. The molecule has 0 atom stereocenters. The van der Waals surface area contributed by atoms with Crippen molar-refractivity contribution in [1.82, 2.24) is 0 Å². The highest BCUT2D eigenvalue weighted by Gasteiger charge is 2.34. The predicted octanol–water partition coefficient (Wildman–Crippen LogP) is 0.457. The fraction of sp³-hybridized carbons (Fsp3) is 1.00. The van der Waals surface area contributed by atoms with Gasteiger partial charge >= 0.3 is 25.8 Å². The molecule has 0 radical (unpaired) electrons. The average Bonchev–Trinajstić information content (AvgIpc) is 2.31. The van der Waals surface area contributed by atoms with E-state index in [1.807, 2.05) is 6.92 Å². The van der Waals surface area contributed by atoms with E-state index in [1.165, 1.54) is 0 Å². The first kappa shape index (κ1) is 19.9. The summed E-state index contributed by atoms with van der Waals surface area (Å²) < 4.78 is 14.2. The number of hydrogen-bond donors (Lipinski definition) is 6. The van der Waals surface area contributed by atoms with Crippen LogP contribution in [0.2, 0.25) is 0 Å². The minimum Gasteiger partial charge on any atom is -0.328 e. The van der Waals surface area contributed by atoms with Crippen molar-refractivity contribution in [3.63, 3.8) is 0 Å². The van der Waals surface area contributed by atoms with Gasteiger partial charge in [0.15, 0.2) is 0 Å². The van der Waals surface area contributed by atoms with Gasteiger partial charge in [0, 0.05) is 5.41 Å². The number of hydrogen-bond acceptors (Lipinski definition) is 9. The van der Waals surface area contributed by atoms with Gasteiger partial charge in [0.1, 0.15) is 0 Å². The van der Waals surface area contributed by atoms with Crippen LogP contribution in [0.15, 0.2) is 0 Å². The zero-order valence-electron chi connectivity index (χ0n) is 10.3. The third-order valence-corrected chi connectivity index (χ3v) is 3.32. The molecule has 0 saturated heterocycles. The fourth-order valence-electron chi connectivity index (χ4n) is 1.46. The maximum Gasteiger partial charge on any atom is 0.327 e. The number of rotatable bonds is 11. The predicted molar refractivity (Wildman–Crippen MR) is 69.3 cm³/mol. The second kappa shape index (κ2) is 10.6. The molecular formula is C7H19O9P3. The van der Waals surface area contributed by atoms with Gasteiger partial charge in [-0.1, -0.05) is 13.3 Å². The van der Waals surface area contributed by atoms with Crippen molar-refractivity contribution in [1.29, 1.82) is 0 Å². The second-order valence-corrected chi connectivity index (χ2v) is 6.12. The molecular weight excluding hydrogens is 321 g/mol. The summed E-state index contributed by atoms with van der Waals surface area (Å²) in [6.07, 6.45) is 1.08. The Morgan fingerprint density at radius 3 is 1.26 bits per heavy atom. The van der Waals surface area contributed by atoms with E-state index >= 15 is 0 Å². The molecule has 0 aliphatic rings. The van der Waals surface area contributed by atoms with E-state index in [9.17, 15) is 0 Å². The first-order valence-corrected chi connectivity index (χ1v) is 8.73. The van der Waals surface area contributed by atoms with Crippen LogP contribution in [-0.2, 0) is 13.6 Å². The Morgan fingerprint density at radius 2 is 1.05 bits per heavy atom. The van der Waals surface area contributed by atoms with E-state index in [-0.39, 0.29) is 19.8 Å². The topological polar surface area (TPSA) is 149 Å². The van der Waals surface area contributed by atoms with Crippen LogP contribution in [0.5, 0.6) is 0 Å². The van der Waals surface area contributed by atoms with Crippen LogP contribution in [0.1, 0.15) is 19.8 Å². The van der Waals surface area contributed by atoms with Crippen molar-refractivity contribution in [3.05, 3.63) is 0 Å². The molecule has 19 heavy (non-hydrogen) atoms.